The van der Waals surface area contributed by atoms with Gasteiger partial charge in [-0.25, -0.2) is 0 Å². The summed E-state index contributed by atoms with van der Waals surface area (Å²) in [5, 5.41) is 0. The van der Waals surface area contributed by atoms with Crippen molar-refractivity contribution in [2.45, 2.75) is 25.7 Å². The summed E-state index contributed by atoms with van der Waals surface area (Å²) in [6.45, 7) is 4.75. The highest BCUT2D eigenvalue weighted by Crippen LogP contribution is 2.27. The van der Waals surface area contributed by atoms with Crippen LogP contribution in [0.5, 0.6) is 0 Å². The molecule has 4 nitrogen and oxygen atoms in total. The summed E-state index contributed by atoms with van der Waals surface area (Å²) < 4.78 is 0. The van der Waals surface area contributed by atoms with Crippen LogP contribution < -0.4 is 4.90 Å². The molecule has 0 aliphatic carbocycles. The van der Waals surface area contributed by atoms with Gasteiger partial charge >= 0.3 is 0 Å². The summed E-state index contributed by atoms with van der Waals surface area (Å²) in [5.41, 5.74) is 3.01. The van der Waals surface area contributed by atoms with Crippen LogP contribution in [0.15, 0.2) is 48.7 Å². The van der Waals surface area contributed by atoms with Crippen molar-refractivity contribution in [3.05, 3.63) is 59.9 Å². The number of pyridine rings is 1. The molecular weight excluding hydrogens is 298 g/mol. The van der Waals surface area contributed by atoms with Gasteiger partial charge < -0.3 is 9.80 Å². The van der Waals surface area contributed by atoms with E-state index in [0.717, 1.165) is 36.6 Å². The highest BCUT2D eigenvalue weighted by Gasteiger charge is 2.32. The van der Waals surface area contributed by atoms with Crippen LogP contribution in [0.2, 0.25) is 0 Å². The van der Waals surface area contributed by atoms with Crippen LogP contribution in [0, 0.1) is 0 Å². The molecule has 0 spiro atoms. The maximum absolute atomic E-state index is 12.5. The Balaban J connectivity index is 1.56. The number of nitrogens with zero attached hydrogens (tertiary/aromatic N) is 3. The average molecular weight is 323 g/mol. The van der Waals surface area contributed by atoms with Gasteiger partial charge in [0.1, 0.15) is 0 Å². The van der Waals surface area contributed by atoms with Crippen LogP contribution in [-0.4, -0.2) is 42.5 Å². The van der Waals surface area contributed by atoms with E-state index in [0.29, 0.717) is 5.92 Å². The highest BCUT2D eigenvalue weighted by atomic mass is 16.2. The van der Waals surface area contributed by atoms with E-state index < -0.39 is 0 Å². The van der Waals surface area contributed by atoms with Crippen molar-refractivity contribution in [2.75, 3.05) is 31.6 Å². The van der Waals surface area contributed by atoms with Crippen molar-refractivity contribution < 1.29 is 4.79 Å². The van der Waals surface area contributed by atoms with Crippen LogP contribution in [0.25, 0.3) is 0 Å². The third kappa shape index (κ3) is 3.58. The number of carbonyl (C=O) groups excluding carboxylic acids is 1. The van der Waals surface area contributed by atoms with Crippen molar-refractivity contribution in [1.29, 1.82) is 0 Å². The van der Waals surface area contributed by atoms with Gasteiger partial charge in [-0.2, -0.15) is 0 Å². The molecule has 0 N–H and O–H groups in total. The van der Waals surface area contributed by atoms with Crippen molar-refractivity contribution in [3.8, 4) is 0 Å². The lowest BCUT2D eigenvalue weighted by molar-refractivity contribution is 0.0599. The fourth-order valence-corrected chi connectivity index (χ4v) is 3.01. The zero-order valence-electron chi connectivity index (χ0n) is 14.5. The smallest absolute Gasteiger partial charge is 0.253 e. The molecule has 1 aliphatic rings. The lowest BCUT2D eigenvalue weighted by Crippen LogP contribution is -2.48. The largest absolute Gasteiger partial charge is 0.375 e. The van der Waals surface area contributed by atoms with E-state index >= 15 is 0 Å². The standard InChI is InChI=1S/C20H25N3O/c1-3-4-13-22(2)18-10-8-16(9-11-18)20(24)23-14-17(15-23)19-7-5-6-12-21-19/h5-12,17H,3-4,13-15H2,1-2H3. The number of rotatable bonds is 6. The molecule has 1 fully saturated rings. The SMILES string of the molecule is CCCCN(C)c1ccc(C(=O)N2CC(c3ccccn3)C2)cc1. The Morgan fingerprint density at radius 1 is 1.21 bits per heavy atom. The summed E-state index contributed by atoms with van der Waals surface area (Å²) in [4.78, 5) is 21.1. The first-order valence-corrected chi connectivity index (χ1v) is 8.70. The molecular formula is C20H25N3O. The lowest BCUT2D eigenvalue weighted by Gasteiger charge is -2.39. The predicted molar refractivity (Wildman–Crippen MR) is 97.5 cm³/mol. The minimum atomic E-state index is 0.116. The number of amides is 1. The van der Waals surface area contributed by atoms with Gasteiger partial charge in [0.2, 0.25) is 0 Å². The molecule has 3 rings (SSSR count). The number of carbonyl (C=O) groups is 1. The second kappa shape index (κ2) is 7.47. The van der Waals surface area contributed by atoms with Crippen molar-refractivity contribution in [3.63, 3.8) is 0 Å². The van der Waals surface area contributed by atoms with E-state index in [1.807, 2.05) is 53.6 Å². The minimum absolute atomic E-state index is 0.116. The second-order valence-electron chi connectivity index (χ2n) is 6.48. The summed E-state index contributed by atoms with van der Waals surface area (Å²) in [6, 6.07) is 13.9. The van der Waals surface area contributed by atoms with Gasteiger partial charge in [0.05, 0.1) is 0 Å². The number of benzene rings is 1. The molecule has 0 unspecified atom stereocenters. The van der Waals surface area contributed by atoms with Crippen molar-refractivity contribution in [2.24, 2.45) is 0 Å². The normalized spacial score (nSPS) is 14.3. The number of unbranched alkanes of at least 4 members (excludes halogenated alkanes) is 1. The fourth-order valence-electron chi connectivity index (χ4n) is 3.01. The predicted octanol–water partition coefficient (Wildman–Crippen LogP) is 3.56. The number of hydrogen-bond acceptors (Lipinski definition) is 3. The molecule has 2 aromatic rings. The fraction of sp³-hybridized carbons (Fsp3) is 0.400. The van der Waals surface area contributed by atoms with E-state index in [1.54, 1.807) is 0 Å². The molecule has 4 heteroatoms. The summed E-state index contributed by atoms with van der Waals surface area (Å²) in [6.07, 6.45) is 4.18. The zero-order valence-corrected chi connectivity index (χ0v) is 14.5. The molecule has 0 atom stereocenters. The number of hydrogen-bond donors (Lipinski definition) is 0. The Bertz CT molecular complexity index is 663. The van der Waals surface area contributed by atoms with E-state index in [1.165, 1.54) is 12.8 Å². The first-order valence-electron chi connectivity index (χ1n) is 8.70. The number of aromatic nitrogens is 1. The van der Waals surface area contributed by atoms with Crippen LogP contribution in [0.4, 0.5) is 5.69 Å². The lowest BCUT2D eigenvalue weighted by atomic mass is 9.95. The molecule has 2 heterocycles. The van der Waals surface area contributed by atoms with Crippen LogP contribution >= 0.6 is 0 Å². The van der Waals surface area contributed by atoms with Gasteiger partial charge in [-0.3, -0.25) is 9.78 Å². The first kappa shape index (κ1) is 16.5. The van der Waals surface area contributed by atoms with Crippen LogP contribution in [0.3, 0.4) is 0 Å². The van der Waals surface area contributed by atoms with Gasteiger partial charge in [0.25, 0.3) is 5.91 Å². The monoisotopic (exact) mass is 323 g/mol. The molecule has 126 valence electrons. The Kier molecular flexibility index (Phi) is 5.14. The maximum atomic E-state index is 12.5. The Hall–Kier alpha value is -2.36. The molecule has 1 amide bonds. The Labute approximate surface area is 144 Å². The van der Waals surface area contributed by atoms with Gasteiger partial charge in [0.15, 0.2) is 0 Å². The van der Waals surface area contributed by atoms with Crippen molar-refractivity contribution >= 4 is 11.6 Å². The van der Waals surface area contributed by atoms with Crippen molar-refractivity contribution in [1.82, 2.24) is 9.88 Å². The van der Waals surface area contributed by atoms with Gasteiger partial charge in [-0.15, -0.1) is 0 Å². The quantitative estimate of drug-likeness (QED) is 0.815. The number of likely N-dealkylation sites (tertiary alicyclic amines) is 1. The highest BCUT2D eigenvalue weighted by molar-refractivity contribution is 5.95. The zero-order chi connectivity index (χ0) is 16.9. The van der Waals surface area contributed by atoms with E-state index in [9.17, 15) is 4.79 Å². The average Bonchev–Trinajstić information content (AvgIpc) is 2.59. The van der Waals surface area contributed by atoms with Gasteiger partial charge in [-0.05, 0) is 42.8 Å². The third-order valence-corrected chi connectivity index (χ3v) is 4.68. The summed E-state index contributed by atoms with van der Waals surface area (Å²) in [5.74, 6) is 0.486. The second-order valence-corrected chi connectivity index (χ2v) is 6.48. The Morgan fingerprint density at radius 3 is 2.58 bits per heavy atom. The van der Waals surface area contributed by atoms with Crippen LogP contribution in [-0.2, 0) is 0 Å². The van der Waals surface area contributed by atoms with Gasteiger partial charge in [-0.1, -0.05) is 19.4 Å². The maximum Gasteiger partial charge on any atom is 0.253 e. The molecule has 24 heavy (non-hydrogen) atoms. The summed E-state index contributed by atoms with van der Waals surface area (Å²) in [7, 11) is 2.10. The summed E-state index contributed by atoms with van der Waals surface area (Å²) >= 11 is 0. The van der Waals surface area contributed by atoms with E-state index in [2.05, 4.69) is 23.9 Å². The third-order valence-electron chi connectivity index (χ3n) is 4.68. The number of anilines is 1. The molecule has 1 aromatic carbocycles. The van der Waals surface area contributed by atoms with E-state index in [-0.39, 0.29) is 5.91 Å². The molecule has 1 aromatic heterocycles. The molecule has 0 saturated carbocycles. The van der Waals surface area contributed by atoms with Gasteiger partial charge in [0, 0.05) is 55.7 Å². The van der Waals surface area contributed by atoms with Crippen LogP contribution in [0.1, 0.15) is 41.7 Å². The molecule has 1 aliphatic heterocycles. The first-order chi connectivity index (χ1) is 11.7. The minimum Gasteiger partial charge on any atom is -0.375 e. The van der Waals surface area contributed by atoms with E-state index in [4.69, 9.17) is 0 Å². The molecule has 0 radical (unpaired) electrons. The molecule has 1 saturated heterocycles. The topological polar surface area (TPSA) is 36.4 Å². The molecule has 0 bridgehead atoms. The Morgan fingerprint density at radius 2 is 1.96 bits per heavy atom.